The van der Waals surface area contributed by atoms with Crippen LogP contribution in [0.2, 0.25) is 0 Å². The highest BCUT2D eigenvalue weighted by atomic mass is 19.4. The van der Waals surface area contributed by atoms with Gasteiger partial charge in [0.1, 0.15) is 0 Å². The molecule has 0 spiro atoms. The first kappa shape index (κ1) is 22.9. The summed E-state index contributed by atoms with van der Waals surface area (Å²) in [6, 6.07) is 10.8. The lowest BCUT2D eigenvalue weighted by Crippen LogP contribution is -2.58. The number of carbonyl (C=O) groups is 1. The molecule has 0 bridgehead atoms. The number of likely N-dealkylation sites (tertiary alicyclic amines) is 1. The summed E-state index contributed by atoms with van der Waals surface area (Å²) in [5, 5.41) is 4.14. The summed E-state index contributed by atoms with van der Waals surface area (Å²) in [4.78, 5) is 19.4. The topological polar surface area (TPSA) is 41.9 Å². The van der Waals surface area contributed by atoms with E-state index in [1.807, 2.05) is 0 Å². The zero-order valence-electron chi connectivity index (χ0n) is 19.1. The standard InChI is InChI=1S/C26H26F4N2O2/c1-16-9-20(12-21(10-16)26(28,29)30)24(2)13-22(31-34-24)18-5-7-19(8-6-18)25(27)14-32(15-25)23(33)11-17-3-4-17/h5-10,12,17H,3-4,11,13-15H2,1-2H3. The first-order valence-electron chi connectivity index (χ1n) is 11.5. The van der Waals surface area contributed by atoms with Gasteiger partial charge < -0.3 is 9.74 Å². The lowest BCUT2D eigenvalue weighted by Gasteiger charge is -2.45. The van der Waals surface area contributed by atoms with Crippen LogP contribution in [-0.2, 0) is 27.1 Å². The monoisotopic (exact) mass is 474 g/mol. The van der Waals surface area contributed by atoms with Crippen molar-refractivity contribution in [2.75, 3.05) is 13.1 Å². The maximum absolute atomic E-state index is 15.3. The van der Waals surface area contributed by atoms with E-state index in [9.17, 15) is 18.0 Å². The fraction of sp³-hybridized carbons (Fsp3) is 0.462. The van der Waals surface area contributed by atoms with Crippen molar-refractivity contribution < 1.29 is 27.2 Å². The van der Waals surface area contributed by atoms with Crippen LogP contribution in [0.15, 0.2) is 47.6 Å². The molecule has 1 saturated heterocycles. The summed E-state index contributed by atoms with van der Waals surface area (Å²) in [6.45, 7) is 3.46. The molecule has 4 nitrogen and oxygen atoms in total. The fourth-order valence-corrected chi connectivity index (χ4v) is 4.68. The van der Waals surface area contributed by atoms with Gasteiger partial charge in [-0.2, -0.15) is 13.2 Å². The van der Waals surface area contributed by atoms with Crippen LogP contribution in [0.1, 0.15) is 60.4 Å². The van der Waals surface area contributed by atoms with Gasteiger partial charge in [-0.1, -0.05) is 41.1 Å². The van der Waals surface area contributed by atoms with Crippen molar-refractivity contribution in [3.63, 3.8) is 0 Å². The molecule has 1 atom stereocenters. The first-order valence-corrected chi connectivity index (χ1v) is 11.5. The molecule has 2 aromatic carbocycles. The van der Waals surface area contributed by atoms with Crippen LogP contribution in [-0.4, -0.2) is 29.6 Å². The summed E-state index contributed by atoms with van der Waals surface area (Å²) in [6.07, 6.45) is -1.48. The van der Waals surface area contributed by atoms with Crippen LogP contribution >= 0.6 is 0 Å². The number of oxime groups is 1. The highest BCUT2D eigenvalue weighted by Gasteiger charge is 2.48. The smallest absolute Gasteiger partial charge is 0.384 e. The second-order valence-electron chi connectivity index (χ2n) is 10.1. The molecule has 8 heteroatoms. The molecule has 1 unspecified atom stereocenters. The molecule has 2 fully saturated rings. The molecule has 2 heterocycles. The van der Waals surface area contributed by atoms with E-state index in [2.05, 4.69) is 5.16 Å². The second-order valence-corrected chi connectivity index (χ2v) is 10.1. The predicted molar refractivity (Wildman–Crippen MR) is 119 cm³/mol. The minimum absolute atomic E-state index is 0.0222. The van der Waals surface area contributed by atoms with Gasteiger partial charge in [0.05, 0.1) is 24.4 Å². The van der Waals surface area contributed by atoms with Crippen molar-refractivity contribution in [3.8, 4) is 0 Å². The van der Waals surface area contributed by atoms with Crippen LogP contribution < -0.4 is 0 Å². The van der Waals surface area contributed by atoms with Crippen molar-refractivity contribution in [2.24, 2.45) is 11.1 Å². The Hall–Kier alpha value is -2.90. The first-order chi connectivity index (χ1) is 16.0. The van der Waals surface area contributed by atoms with Gasteiger partial charge in [-0.3, -0.25) is 4.79 Å². The third kappa shape index (κ3) is 4.30. The predicted octanol–water partition coefficient (Wildman–Crippen LogP) is 5.86. The van der Waals surface area contributed by atoms with Gasteiger partial charge in [-0.25, -0.2) is 4.39 Å². The van der Waals surface area contributed by atoms with Gasteiger partial charge in [-0.15, -0.1) is 0 Å². The van der Waals surface area contributed by atoms with Crippen molar-refractivity contribution in [2.45, 2.75) is 57.0 Å². The van der Waals surface area contributed by atoms with E-state index in [-0.39, 0.29) is 25.4 Å². The maximum Gasteiger partial charge on any atom is 0.416 e. The Morgan fingerprint density at radius 1 is 1.12 bits per heavy atom. The normalized spacial score (nSPS) is 23.8. The summed E-state index contributed by atoms with van der Waals surface area (Å²) in [7, 11) is 0. The van der Waals surface area contributed by atoms with E-state index >= 15 is 4.39 Å². The Labute approximate surface area is 195 Å². The number of carbonyl (C=O) groups excluding carboxylic acids is 1. The number of hydrogen-bond donors (Lipinski definition) is 0. The van der Waals surface area contributed by atoms with E-state index in [0.29, 0.717) is 34.7 Å². The maximum atomic E-state index is 15.3. The van der Waals surface area contributed by atoms with Crippen LogP contribution in [0.3, 0.4) is 0 Å². The molecular formula is C26H26F4N2O2. The fourth-order valence-electron chi connectivity index (χ4n) is 4.68. The van der Waals surface area contributed by atoms with Gasteiger partial charge in [-0.05, 0) is 61.4 Å². The molecule has 0 radical (unpaired) electrons. The number of benzene rings is 2. The average Bonchev–Trinajstić information content (AvgIpc) is 3.48. The Morgan fingerprint density at radius 3 is 2.41 bits per heavy atom. The van der Waals surface area contributed by atoms with E-state index in [1.165, 1.54) is 0 Å². The van der Waals surface area contributed by atoms with Gasteiger partial charge in [0, 0.05) is 12.8 Å². The number of amides is 1. The van der Waals surface area contributed by atoms with Crippen molar-refractivity contribution in [1.29, 1.82) is 0 Å². The van der Waals surface area contributed by atoms with Gasteiger partial charge in [0.2, 0.25) is 5.91 Å². The highest BCUT2D eigenvalue weighted by molar-refractivity contribution is 6.01. The lowest BCUT2D eigenvalue weighted by molar-refractivity contribution is -0.146. The molecular weight excluding hydrogens is 448 g/mol. The molecule has 0 aromatic heterocycles. The van der Waals surface area contributed by atoms with Crippen molar-refractivity contribution in [1.82, 2.24) is 4.90 Å². The van der Waals surface area contributed by atoms with Gasteiger partial charge in [0.25, 0.3) is 0 Å². The second kappa shape index (κ2) is 7.82. The Bertz CT molecular complexity index is 1150. The third-order valence-corrected chi connectivity index (χ3v) is 7.01. The van der Waals surface area contributed by atoms with E-state index < -0.39 is 23.0 Å². The molecule has 2 aliphatic heterocycles. The van der Waals surface area contributed by atoms with Crippen molar-refractivity contribution >= 4 is 11.6 Å². The molecule has 1 amide bonds. The number of aryl methyl sites for hydroxylation is 1. The highest BCUT2D eigenvalue weighted by Crippen LogP contribution is 2.41. The number of halogens is 4. The minimum atomic E-state index is -4.45. The Kier molecular flexibility index (Phi) is 5.26. The average molecular weight is 474 g/mol. The third-order valence-electron chi connectivity index (χ3n) is 7.01. The lowest BCUT2D eigenvalue weighted by atomic mass is 9.85. The molecule has 1 saturated carbocycles. The number of nitrogens with zero attached hydrogens (tertiary/aromatic N) is 2. The number of rotatable bonds is 5. The SMILES string of the molecule is Cc1cc(C(F)(F)F)cc(C2(C)CC(c3ccc(C4(F)CN(C(=O)CC5CC5)C4)cc3)=NO2)c1. The summed E-state index contributed by atoms with van der Waals surface area (Å²) >= 11 is 0. The number of alkyl halides is 4. The van der Waals surface area contributed by atoms with Crippen LogP contribution in [0, 0.1) is 12.8 Å². The quantitative estimate of drug-likeness (QED) is 0.510. The Morgan fingerprint density at radius 2 is 1.79 bits per heavy atom. The molecule has 5 rings (SSSR count). The Balaban J connectivity index is 1.26. The zero-order valence-corrected chi connectivity index (χ0v) is 19.1. The molecule has 0 N–H and O–H groups in total. The van der Waals surface area contributed by atoms with E-state index in [0.717, 1.165) is 30.5 Å². The summed E-state index contributed by atoms with van der Waals surface area (Å²) < 4.78 is 55.1. The molecule has 3 aliphatic rings. The molecule has 1 aliphatic carbocycles. The molecule has 34 heavy (non-hydrogen) atoms. The minimum Gasteiger partial charge on any atom is -0.384 e. The zero-order chi connectivity index (χ0) is 24.3. The van der Waals surface area contributed by atoms with Crippen molar-refractivity contribution in [3.05, 3.63) is 70.3 Å². The number of hydrogen-bond acceptors (Lipinski definition) is 3. The largest absolute Gasteiger partial charge is 0.416 e. The summed E-state index contributed by atoms with van der Waals surface area (Å²) in [5.74, 6) is 0.496. The van der Waals surface area contributed by atoms with Crippen LogP contribution in [0.5, 0.6) is 0 Å². The molecule has 180 valence electrons. The van der Waals surface area contributed by atoms with E-state index in [1.54, 1.807) is 49.1 Å². The van der Waals surface area contributed by atoms with Gasteiger partial charge in [0.15, 0.2) is 11.3 Å². The van der Waals surface area contributed by atoms with Crippen LogP contribution in [0.25, 0.3) is 0 Å². The van der Waals surface area contributed by atoms with E-state index in [4.69, 9.17) is 4.84 Å². The summed E-state index contributed by atoms with van der Waals surface area (Å²) in [5.41, 5.74) is -0.596. The molecule has 2 aromatic rings. The van der Waals surface area contributed by atoms with Gasteiger partial charge >= 0.3 is 6.18 Å². The van der Waals surface area contributed by atoms with Crippen LogP contribution in [0.4, 0.5) is 17.6 Å².